The van der Waals surface area contributed by atoms with Crippen LogP contribution in [0.1, 0.15) is 64.5 Å². The molecule has 1 aromatic carbocycles. The highest BCUT2D eigenvalue weighted by Crippen LogP contribution is 2.22. The number of fused-ring (bicyclic) bond motifs is 1. The van der Waals surface area contributed by atoms with Crippen molar-refractivity contribution in [2.45, 2.75) is 78.6 Å². The van der Waals surface area contributed by atoms with Crippen LogP contribution in [0.5, 0.6) is 0 Å². The van der Waals surface area contributed by atoms with E-state index in [2.05, 4.69) is 55.5 Å². The summed E-state index contributed by atoms with van der Waals surface area (Å²) in [6.45, 7) is 11.1. The Bertz CT molecular complexity index is 818. The molecule has 0 saturated heterocycles. The number of nitrogens with zero attached hydrogens (tertiary/aromatic N) is 2. The first kappa shape index (κ1) is 23.1. The quantitative estimate of drug-likeness (QED) is 0.339. The van der Waals surface area contributed by atoms with Crippen molar-refractivity contribution in [2.24, 2.45) is 10.7 Å². The zero-order valence-electron chi connectivity index (χ0n) is 18.5. The summed E-state index contributed by atoms with van der Waals surface area (Å²) < 4.78 is 0. The third-order valence-electron chi connectivity index (χ3n) is 5.09. The third-order valence-corrected chi connectivity index (χ3v) is 5.09. The van der Waals surface area contributed by atoms with Crippen LogP contribution in [0.25, 0.3) is 10.9 Å². The summed E-state index contributed by atoms with van der Waals surface area (Å²) in [6.07, 6.45) is 3.59. The molecule has 0 aliphatic heterocycles. The van der Waals surface area contributed by atoms with E-state index in [1.165, 1.54) is 12.8 Å². The summed E-state index contributed by atoms with van der Waals surface area (Å²) in [5, 5.41) is 17.8. The number of pyridine rings is 1. The highest BCUT2D eigenvalue weighted by atomic mass is 16.3. The van der Waals surface area contributed by atoms with Gasteiger partial charge in [0.2, 0.25) is 0 Å². The van der Waals surface area contributed by atoms with Gasteiger partial charge < -0.3 is 21.5 Å². The van der Waals surface area contributed by atoms with Gasteiger partial charge in [0.1, 0.15) is 17.9 Å². The smallest absolute Gasteiger partial charge is 0.144 e. The summed E-state index contributed by atoms with van der Waals surface area (Å²) in [4.78, 5) is 8.90. The third kappa shape index (κ3) is 6.98. The lowest BCUT2D eigenvalue weighted by Gasteiger charge is -2.22. The topological polar surface area (TPSA) is 95.6 Å². The fourth-order valence-corrected chi connectivity index (χ4v) is 3.59. The number of amidine groups is 1. The predicted octanol–water partition coefficient (Wildman–Crippen LogP) is 3.95. The number of aliphatic imine (C=N–C) groups is 1. The minimum absolute atomic E-state index is 0.292. The number of aliphatic hydroxyl groups excluding tert-OH is 1. The summed E-state index contributed by atoms with van der Waals surface area (Å²) in [7, 11) is 0. The van der Waals surface area contributed by atoms with Gasteiger partial charge in [0.05, 0.1) is 11.1 Å². The summed E-state index contributed by atoms with van der Waals surface area (Å²) in [6, 6.07) is 9.13. The summed E-state index contributed by atoms with van der Waals surface area (Å²) in [5.41, 5.74) is 8.98. The van der Waals surface area contributed by atoms with E-state index in [9.17, 15) is 5.11 Å². The molecular formula is C23H37N5O. The molecule has 2 aromatic rings. The number of rotatable bonds is 11. The van der Waals surface area contributed by atoms with E-state index in [4.69, 9.17) is 10.7 Å². The molecular weight excluding hydrogens is 362 g/mol. The number of aliphatic hydroxyl groups is 1. The Labute approximate surface area is 175 Å². The Morgan fingerprint density at radius 3 is 2.62 bits per heavy atom. The van der Waals surface area contributed by atoms with Gasteiger partial charge in [-0.15, -0.1) is 0 Å². The second-order valence-corrected chi connectivity index (χ2v) is 7.90. The maximum atomic E-state index is 9.62. The molecule has 0 aliphatic carbocycles. The van der Waals surface area contributed by atoms with Gasteiger partial charge in [-0.3, -0.25) is 0 Å². The van der Waals surface area contributed by atoms with E-state index in [1.54, 1.807) is 6.92 Å². The van der Waals surface area contributed by atoms with Crippen molar-refractivity contribution in [3.63, 3.8) is 0 Å². The maximum Gasteiger partial charge on any atom is 0.144 e. The molecule has 6 heteroatoms. The molecule has 3 atom stereocenters. The Morgan fingerprint density at radius 2 is 1.97 bits per heavy atom. The van der Waals surface area contributed by atoms with E-state index < -0.39 is 6.23 Å². The number of nitrogens with one attached hydrogen (secondary N) is 2. The summed E-state index contributed by atoms with van der Waals surface area (Å²) in [5.74, 6) is 1.000. The monoisotopic (exact) mass is 399 g/mol. The van der Waals surface area contributed by atoms with Crippen LogP contribution in [0.3, 0.4) is 0 Å². The van der Waals surface area contributed by atoms with Gasteiger partial charge in [-0.2, -0.15) is 0 Å². The summed E-state index contributed by atoms with van der Waals surface area (Å²) >= 11 is 0. The van der Waals surface area contributed by atoms with Gasteiger partial charge in [0.15, 0.2) is 0 Å². The first-order valence-electron chi connectivity index (χ1n) is 10.8. The van der Waals surface area contributed by atoms with Crippen molar-refractivity contribution < 1.29 is 5.11 Å². The van der Waals surface area contributed by atoms with Gasteiger partial charge in [0.25, 0.3) is 0 Å². The first-order chi connectivity index (χ1) is 13.8. The van der Waals surface area contributed by atoms with Crippen LogP contribution in [-0.4, -0.2) is 40.8 Å². The van der Waals surface area contributed by atoms with Crippen LogP contribution >= 0.6 is 0 Å². The molecule has 0 spiro atoms. The minimum atomic E-state index is -0.857. The van der Waals surface area contributed by atoms with Crippen LogP contribution in [0.2, 0.25) is 0 Å². The lowest BCUT2D eigenvalue weighted by Crippen LogP contribution is -2.37. The molecule has 29 heavy (non-hydrogen) atoms. The largest absolute Gasteiger partial charge is 0.383 e. The van der Waals surface area contributed by atoms with Crippen LogP contribution in [0, 0.1) is 6.92 Å². The van der Waals surface area contributed by atoms with E-state index in [0.717, 1.165) is 41.4 Å². The molecule has 0 aliphatic rings. The van der Waals surface area contributed by atoms with Gasteiger partial charge in [-0.25, -0.2) is 9.98 Å². The van der Waals surface area contributed by atoms with Crippen molar-refractivity contribution in [1.29, 1.82) is 0 Å². The normalized spacial score (nSPS) is 15.3. The number of aryl methyl sites for hydroxylation is 1. The lowest BCUT2D eigenvalue weighted by atomic mass is 10.1. The predicted molar refractivity (Wildman–Crippen MR) is 124 cm³/mol. The van der Waals surface area contributed by atoms with Gasteiger partial charge >= 0.3 is 0 Å². The van der Waals surface area contributed by atoms with Crippen LogP contribution < -0.4 is 16.4 Å². The number of aromatic nitrogens is 1. The molecule has 6 nitrogen and oxygen atoms in total. The van der Waals surface area contributed by atoms with Crippen molar-refractivity contribution in [2.75, 3.05) is 11.9 Å². The fourth-order valence-electron chi connectivity index (χ4n) is 3.59. The molecule has 160 valence electrons. The molecule has 1 heterocycles. The average molecular weight is 400 g/mol. The Morgan fingerprint density at radius 1 is 1.21 bits per heavy atom. The zero-order valence-corrected chi connectivity index (χ0v) is 18.5. The van der Waals surface area contributed by atoms with Gasteiger partial charge in [-0.05, 0) is 58.2 Å². The molecule has 2 rings (SSSR count). The van der Waals surface area contributed by atoms with Gasteiger partial charge in [0, 0.05) is 24.0 Å². The fraction of sp³-hybridized carbons (Fsp3) is 0.565. The number of hydrogen-bond donors (Lipinski definition) is 4. The minimum Gasteiger partial charge on any atom is -0.383 e. The molecule has 0 fully saturated rings. The number of anilines is 1. The highest BCUT2D eigenvalue weighted by molar-refractivity contribution is 6.04. The first-order valence-corrected chi connectivity index (χ1v) is 10.8. The Kier molecular flexibility index (Phi) is 8.86. The van der Waals surface area contributed by atoms with E-state index in [0.29, 0.717) is 23.7 Å². The van der Waals surface area contributed by atoms with Crippen LogP contribution in [-0.2, 0) is 0 Å². The lowest BCUT2D eigenvalue weighted by molar-refractivity contribution is 0.205. The SMILES string of the molecule is CCCC(C)NC(CC)CCNc1nc2ccc(C)cc2cc1/C(N)=N/C(C)O. The number of benzene rings is 1. The zero-order chi connectivity index (χ0) is 21.4. The van der Waals surface area contributed by atoms with E-state index in [1.807, 2.05) is 12.1 Å². The van der Waals surface area contributed by atoms with Crippen molar-refractivity contribution >= 4 is 22.6 Å². The molecule has 0 bridgehead atoms. The Hall–Kier alpha value is -2.18. The molecule has 0 radical (unpaired) electrons. The standard InChI is InChI=1S/C23H37N5O/c1-6-8-16(4)26-19(7-2)11-12-25-23-20(22(24)27-17(5)29)14-18-13-15(3)9-10-21(18)28-23/h9-10,13-14,16-17,19,26,29H,6-8,11-12H2,1-5H3,(H2,24,27)(H,25,28). The van der Waals surface area contributed by atoms with Gasteiger partial charge in [-0.1, -0.05) is 31.9 Å². The van der Waals surface area contributed by atoms with E-state index >= 15 is 0 Å². The van der Waals surface area contributed by atoms with Crippen LogP contribution in [0.15, 0.2) is 29.3 Å². The molecule has 3 unspecified atom stereocenters. The van der Waals surface area contributed by atoms with Crippen LogP contribution in [0.4, 0.5) is 5.82 Å². The number of nitrogens with two attached hydrogens (primary N) is 1. The molecule has 1 aromatic heterocycles. The molecule has 0 amide bonds. The maximum absolute atomic E-state index is 9.62. The average Bonchev–Trinajstić information content (AvgIpc) is 2.66. The second-order valence-electron chi connectivity index (χ2n) is 7.90. The number of hydrogen-bond acceptors (Lipinski definition) is 5. The Balaban J connectivity index is 2.20. The highest BCUT2D eigenvalue weighted by Gasteiger charge is 2.13. The van der Waals surface area contributed by atoms with E-state index in [-0.39, 0.29) is 0 Å². The van der Waals surface area contributed by atoms with Crippen molar-refractivity contribution in [1.82, 2.24) is 10.3 Å². The molecule has 0 saturated carbocycles. The molecule has 5 N–H and O–H groups in total. The van der Waals surface area contributed by atoms with Crippen molar-refractivity contribution in [3.05, 3.63) is 35.4 Å². The second kappa shape index (κ2) is 11.1. The van der Waals surface area contributed by atoms with Crippen molar-refractivity contribution in [3.8, 4) is 0 Å².